The number of hydrogen-bond acceptors (Lipinski definition) is 9. The first-order valence-corrected chi connectivity index (χ1v) is 12.0. The second-order valence-corrected chi connectivity index (χ2v) is 8.97. The van der Waals surface area contributed by atoms with Crippen molar-refractivity contribution in [2.24, 2.45) is 11.8 Å². The number of ether oxygens (including phenoxy) is 3. The zero-order valence-electron chi connectivity index (χ0n) is 21.4. The number of rotatable bonds is 12. The third kappa shape index (κ3) is 6.58. The number of benzene rings is 2. The minimum absolute atomic E-state index is 0.267. The fraction of sp³-hybridized carbons (Fsp3) is 0.407. The number of fused-ring (bicyclic) bond motifs is 2. The first-order chi connectivity index (χ1) is 17.8. The predicted octanol–water partition coefficient (Wildman–Crippen LogP) is 3.52. The average molecular weight is 510 g/mol. The molecule has 0 saturated carbocycles. The van der Waals surface area contributed by atoms with E-state index in [1.54, 1.807) is 36.4 Å². The van der Waals surface area contributed by atoms with Crippen molar-refractivity contribution in [2.45, 2.75) is 39.2 Å². The van der Waals surface area contributed by atoms with Crippen LogP contribution >= 0.6 is 0 Å². The molecule has 37 heavy (non-hydrogen) atoms. The number of esters is 3. The Morgan fingerprint density at radius 3 is 2.27 bits per heavy atom. The highest BCUT2D eigenvalue weighted by molar-refractivity contribution is 6.03. The van der Waals surface area contributed by atoms with E-state index in [4.69, 9.17) is 19.2 Å². The molecule has 2 aromatic carbocycles. The maximum atomic E-state index is 12.9. The summed E-state index contributed by atoms with van der Waals surface area (Å²) in [5.41, 5.74) is 2.39. The summed E-state index contributed by atoms with van der Waals surface area (Å²) in [7, 11) is 2.58. The van der Waals surface area contributed by atoms with Crippen molar-refractivity contribution in [2.75, 3.05) is 20.8 Å². The van der Waals surface area contributed by atoms with E-state index in [9.17, 15) is 19.2 Å². The molecule has 0 radical (unpaired) electrons. The molecule has 2 unspecified atom stereocenters. The number of para-hydroxylation sites is 2. The van der Waals surface area contributed by atoms with Gasteiger partial charge < -0.3 is 19.5 Å². The molecule has 0 aliphatic carbocycles. The van der Waals surface area contributed by atoms with E-state index in [2.05, 4.69) is 24.1 Å². The second kappa shape index (κ2) is 12.8. The van der Waals surface area contributed by atoms with E-state index in [1.165, 1.54) is 14.2 Å². The average Bonchev–Trinajstić information content (AvgIpc) is 2.90. The number of carbonyl (C=O) groups is 4. The van der Waals surface area contributed by atoms with Crippen LogP contribution in [-0.2, 0) is 28.6 Å². The van der Waals surface area contributed by atoms with Gasteiger partial charge in [-0.05, 0) is 30.5 Å². The van der Waals surface area contributed by atoms with Crippen LogP contribution in [0.5, 0.6) is 0 Å². The van der Waals surface area contributed by atoms with Gasteiger partial charge in [0.1, 0.15) is 18.2 Å². The van der Waals surface area contributed by atoms with Crippen LogP contribution in [-0.4, -0.2) is 55.1 Å². The van der Waals surface area contributed by atoms with Crippen LogP contribution < -0.4 is 5.32 Å². The van der Waals surface area contributed by atoms with Gasteiger partial charge in [-0.2, -0.15) is 0 Å². The Bertz CT molecular complexity index is 1290. The molecule has 1 N–H and O–H groups in total. The van der Waals surface area contributed by atoms with Crippen LogP contribution in [0, 0.1) is 11.8 Å². The van der Waals surface area contributed by atoms with Crippen LogP contribution in [0.2, 0.25) is 0 Å². The lowest BCUT2D eigenvalue weighted by molar-refractivity contribution is -0.161. The molecule has 10 nitrogen and oxygen atoms in total. The van der Waals surface area contributed by atoms with Crippen molar-refractivity contribution < 1.29 is 33.4 Å². The molecule has 3 rings (SSSR count). The Morgan fingerprint density at radius 1 is 0.946 bits per heavy atom. The summed E-state index contributed by atoms with van der Waals surface area (Å²) in [6.45, 7) is 3.81. The van der Waals surface area contributed by atoms with Gasteiger partial charge in [0.25, 0.3) is 0 Å². The number of hydrogen-bond donors (Lipinski definition) is 1. The number of methoxy groups -OCH3 is 2. The lowest BCUT2D eigenvalue weighted by Crippen LogP contribution is -2.31. The third-order valence-electron chi connectivity index (χ3n) is 5.99. The van der Waals surface area contributed by atoms with E-state index in [0.717, 1.165) is 6.42 Å². The summed E-state index contributed by atoms with van der Waals surface area (Å²) in [6, 6.07) is 10.1. The van der Waals surface area contributed by atoms with Crippen LogP contribution in [0.15, 0.2) is 36.4 Å². The number of nitrogens with one attached hydrogen (secondary N) is 1. The molecule has 0 saturated heterocycles. The van der Waals surface area contributed by atoms with Crippen LogP contribution in [0.25, 0.3) is 22.1 Å². The van der Waals surface area contributed by atoms with Crippen molar-refractivity contribution in [3.63, 3.8) is 0 Å². The highest BCUT2D eigenvalue weighted by atomic mass is 16.6. The zero-order valence-corrected chi connectivity index (χ0v) is 21.4. The van der Waals surface area contributed by atoms with Gasteiger partial charge in [0.05, 0.1) is 42.3 Å². The molecule has 0 aliphatic rings. The fourth-order valence-corrected chi connectivity index (χ4v) is 4.21. The van der Waals surface area contributed by atoms with Crippen LogP contribution in [0.4, 0.5) is 0 Å². The lowest BCUT2D eigenvalue weighted by Gasteiger charge is -2.26. The first kappa shape index (κ1) is 27.5. The standard InChI is InChI=1S/C27H31N3O7/c1-16(2)8-5-11-19(27(34)36-4)25(37-22(32)14-28-15-31)17-9-6-12-20-23(17)29-21-13-7-10-18(24(21)30-20)26(33)35-3/h6-7,9-10,12-13,15-16,19,25H,5,8,11,14H2,1-4H3,(H,28,31). The Hall–Kier alpha value is -4.08. The van der Waals surface area contributed by atoms with Crippen molar-refractivity contribution in [1.29, 1.82) is 0 Å². The Labute approximate surface area is 214 Å². The number of amides is 1. The summed E-state index contributed by atoms with van der Waals surface area (Å²) in [4.78, 5) is 57.9. The third-order valence-corrected chi connectivity index (χ3v) is 5.99. The van der Waals surface area contributed by atoms with Gasteiger partial charge in [0.15, 0.2) is 0 Å². The smallest absolute Gasteiger partial charge is 0.340 e. The Kier molecular flexibility index (Phi) is 9.48. The second-order valence-electron chi connectivity index (χ2n) is 8.97. The summed E-state index contributed by atoms with van der Waals surface area (Å²) in [5, 5.41) is 2.29. The molecular formula is C27H31N3O7. The molecule has 0 bridgehead atoms. The van der Waals surface area contributed by atoms with E-state index < -0.39 is 29.9 Å². The van der Waals surface area contributed by atoms with Crippen molar-refractivity contribution in [1.82, 2.24) is 15.3 Å². The Balaban J connectivity index is 2.17. The highest BCUT2D eigenvalue weighted by Crippen LogP contribution is 2.35. The summed E-state index contributed by atoms with van der Waals surface area (Å²) in [6.07, 6.45) is 1.34. The quantitative estimate of drug-likeness (QED) is 0.168. The molecule has 0 aliphatic heterocycles. The monoisotopic (exact) mass is 509 g/mol. The largest absolute Gasteiger partial charge is 0.469 e. The van der Waals surface area contributed by atoms with Gasteiger partial charge >= 0.3 is 17.9 Å². The van der Waals surface area contributed by atoms with E-state index in [-0.39, 0.29) is 12.1 Å². The molecule has 1 heterocycles. The molecule has 0 fully saturated rings. The van der Waals surface area contributed by atoms with Crippen LogP contribution in [0.1, 0.15) is 55.1 Å². The fourth-order valence-electron chi connectivity index (χ4n) is 4.21. The van der Waals surface area contributed by atoms with E-state index in [1.807, 2.05) is 0 Å². The molecule has 1 amide bonds. The van der Waals surface area contributed by atoms with Gasteiger partial charge in [0.2, 0.25) is 6.41 Å². The molecule has 1 aromatic heterocycles. The molecule has 10 heteroatoms. The predicted molar refractivity (Wildman–Crippen MR) is 135 cm³/mol. The zero-order chi connectivity index (χ0) is 26.9. The van der Waals surface area contributed by atoms with E-state index >= 15 is 0 Å². The molecule has 2 atom stereocenters. The maximum absolute atomic E-state index is 12.9. The number of nitrogens with zero attached hydrogens (tertiary/aromatic N) is 2. The van der Waals surface area contributed by atoms with Gasteiger partial charge in [-0.25, -0.2) is 14.8 Å². The molecule has 196 valence electrons. The van der Waals surface area contributed by atoms with Gasteiger partial charge in [0, 0.05) is 5.56 Å². The Morgan fingerprint density at radius 2 is 1.62 bits per heavy atom. The summed E-state index contributed by atoms with van der Waals surface area (Å²) >= 11 is 0. The summed E-state index contributed by atoms with van der Waals surface area (Å²) < 4.78 is 15.7. The molecule has 0 spiro atoms. The van der Waals surface area contributed by atoms with Crippen LogP contribution in [0.3, 0.4) is 0 Å². The minimum Gasteiger partial charge on any atom is -0.469 e. The van der Waals surface area contributed by atoms with Crippen molar-refractivity contribution in [3.05, 3.63) is 47.5 Å². The van der Waals surface area contributed by atoms with E-state index in [0.29, 0.717) is 52.8 Å². The lowest BCUT2D eigenvalue weighted by atomic mass is 9.89. The SMILES string of the molecule is COC(=O)c1cccc2nc3c(C(OC(=O)CNC=O)C(CCCC(C)C)C(=O)OC)cccc3nc12. The minimum atomic E-state index is -1.04. The normalized spacial score (nSPS) is 12.7. The van der Waals surface area contributed by atoms with Gasteiger partial charge in [-0.1, -0.05) is 44.9 Å². The highest BCUT2D eigenvalue weighted by Gasteiger charge is 2.35. The number of aromatic nitrogens is 2. The molecular weight excluding hydrogens is 478 g/mol. The summed E-state index contributed by atoms with van der Waals surface area (Å²) in [5.74, 6) is -2.17. The topological polar surface area (TPSA) is 134 Å². The van der Waals surface area contributed by atoms with Gasteiger partial charge in [-0.15, -0.1) is 0 Å². The maximum Gasteiger partial charge on any atom is 0.340 e. The van der Waals surface area contributed by atoms with Gasteiger partial charge in [-0.3, -0.25) is 14.4 Å². The van der Waals surface area contributed by atoms with Crippen molar-refractivity contribution >= 4 is 46.4 Å². The number of carbonyl (C=O) groups excluding carboxylic acids is 4. The first-order valence-electron chi connectivity index (χ1n) is 12.0. The van der Waals surface area contributed by atoms with Crippen molar-refractivity contribution in [3.8, 4) is 0 Å². The molecule has 3 aromatic rings.